The van der Waals surface area contributed by atoms with Crippen LogP contribution in [0.1, 0.15) is 24.7 Å². The van der Waals surface area contributed by atoms with Gasteiger partial charge >= 0.3 is 0 Å². The molecule has 0 unspecified atom stereocenters. The van der Waals surface area contributed by atoms with Crippen molar-refractivity contribution in [3.63, 3.8) is 0 Å². The van der Waals surface area contributed by atoms with Crippen LogP contribution in [0.15, 0.2) is 24.5 Å². The Morgan fingerprint density at radius 1 is 1.43 bits per heavy atom. The van der Waals surface area contributed by atoms with Crippen molar-refractivity contribution in [1.82, 2.24) is 14.8 Å². The van der Waals surface area contributed by atoms with Crippen molar-refractivity contribution in [2.75, 3.05) is 5.88 Å². The monoisotopic (exact) mass is 307 g/mol. The Morgan fingerprint density at radius 3 is 3.05 bits per heavy atom. The van der Waals surface area contributed by atoms with Crippen LogP contribution < -0.4 is 4.74 Å². The number of alkyl halides is 1. The maximum atomic E-state index is 13.7. The predicted molar refractivity (Wildman–Crippen MR) is 78.6 cm³/mol. The Morgan fingerprint density at radius 2 is 2.29 bits per heavy atom. The first kappa shape index (κ1) is 15.3. The number of aromatic nitrogens is 3. The topological polar surface area (TPSA) is 39.9 Å². The van der Waals surface area contributed by atoms with E-state index >= 15 is 0 Å². The summed E-state index contributed by atoms with van der Waals surface area (Å²) in [6, 6.07) is 4.46. The average molecular weight is 308 g/mol. The quantitative estimate of drug-likeness (QED) is 0.630. The van der Waals surface area contributed by atoms with E-state index in [1.165, 1.54) is 12.4 Å². The molecule has 0 aliphatic carbocycles. The number of hydrogen-bond donors (Lipinski definition) is 0. The molecule has 0 saturated carbocycles. The maximum Gasteiger partial charge on any atom is 0.165 e. The molecule has 0 aliphatic rings. The smallest absolute Gasteiger partial charge is 0.165 e. The summed E-state index contributed by atoms with van der Waals surface area (Å²) in [7, 11) is 0. The molecule has 21 heavy (non-hydrogen) atoms. The van der Waals surface area contributed by atoms with Crippen LogP contribution in [0, 0.1) is 17.7 Å². The van der Waals surface area contributed by atoms with Gasteiger partial charge in [0.15, 0.2) is 17.4 Å². The van der Waals surface area contributed by atoms with Crippen LogP contribution in [0.5, 0.6) is 5.75 Å². The number of halogens is 2. The highest BCUT2D eigenvalue weighted by molar-refractivity contribution is 6.19. The van der Waals surface area contributed by atoms with Gasteiger partial charge in [-0.05, 0) is 24.6 Å². The van der Waals surface area contributed by atoms with E-state index in [1.807, 2.05) is 6.92 Å². The maximum absolute atomic E-state index is 13.7. The lowest BCUT2D eigenvalue weighted by Gasteiger charge is -2.08. The third kappa shape index (κ3) is 4.20. The molecule has 0 aliphatic heterocycles. The Balaban J connectivity index is 2.10. The van der Waals surface area contributed by atoms with Gasteiger partial charge in [-0.3, -0.25) is 0 Å². The number of benzene rings is 1. The molecule has 1 heterocycles. The van der Waals surface area contributed by atoms with Gasteiger partial charge < -0.3 is 4.74 Å². The number of nitrogens with zero attached hydrogens (tertiary/aromatic N) is 3. The molecule has 4 nitrogen and oxygen atoms in total. The lowest BCUT2D eigenvalue weighted by atomic mass is 10.2. The highest BCUT2D eigenvalue weighted by Crippen LogP contribution is 2.19. The number of aryl methyl sites for hydroxylation is 1. The Kier molecular flexibility index (Phi) is 5.59. The summed E-state index contributed by atoms with van der Waals surface area (Å²) >= 11 is 5.50. The molecule has 0 radical (unpaired) electrons. The predicted octanol–water partition coefficient (Wildman–Crippen LogP) is 3.00. The van der Waals surface area contributed by atoms with Crippen molar-refractivity contribution in [2.24, 2.45) is 0 Å². The molecule has 110 valence electrons. The molecule has 0 spiro atoms. The van der Waals surface area contributed by atoms with Crippen molar-refractivity contribution < 1.29 is 9.13 Å². The van der Waals surface area contributed by atoms with Crippen LogP contribution >= 0.6 is 11.6 Å². The summed E-state index contributed by atoms with van der Waals surface area (Å²) in [5.41, 5.74) is 0.655. The van der Waals surface area contributed by atoms with Gasteiger partial charge in [-0.25, -0.2) is 14.1 Å². The SMILES string of the molecule is CCCn1ncnc1COc1cc(C#CCCl)ccc1F. The van der Waals surface area contributed by atoms with E-state index in [1.54, 1.807) is 16.8 Å². The lowest BCUT2D eigenvalue weighted by molar-refractivity contribution is 0.272. The summed E-state index contributed by atoms with van der Waals surface area (Å²) in [6.45, 7) is 2.96. The van der Waals surface area contributed by atoms with E-state index in [4.69, 9.17) is 16.3 Å². The molecule has 0 fully saturated rings. The van der Waals surface area contributed by atoms with Crippen molar-refractivity contribution in [1.29, 1.82) is 0 Å². The summed E-state index contributed by atoms with van der Waals surface area (Å²) in [5, 5.41) is 4.09. The summed E-state index contributed by atoms with van der Waals surface area (Å²) in [6.07, 6.45) is 2.40. The van der Waals surface area contributed by atoms with Crippen LogP contribution in [0.4, 0.5) is 4.39 Å². The van der Waals surface area contributed by atoms with Gasteiger partial charge in [-0.1, -0.05) is 18.8 Å². The van der Waals surface area contributed by atoms with Gasteiger partial charge in [0.05, 0.1) is 5.88 Å². The van der Waals surface area contributed by atoms with Gasteiger partial charge in [0.25, 0.3) is 0 Å². The minimum Gasteiger partial charge on any atom is -0.483 e. The molecule has 1 aromatic heterocycles. The minimum absolute atomic E-state index is 0.141. The molecule has 0 saturated heterocycles. The highest BCUT2D eigenvalue weighted by Gasteiger charge is 2.08. The molecule has 0 atom stereocenters. The second-order valence-electron chi connectivity index (χ2n) is 4.27. The number of ether oxygens (including phenoxy) is 1. The zero-order valence-corrected chi connectivity index (χ0v) is 12.4. The van der Waals surface area contributed by atoms with E-state index in [2.05, 4.69) is 21.9 Å². The summed E-state index contributed by atoms with van der Waals surface area (Å²) in [5.74, 6) is 6.14. The fourth-order valence-electron chi connectivity index (χ4n) is 1.77. The fraction of sp³-hybridized carbons (Fsp3) is 0.333. The first-order valence-electron chi connectivity index (χ1n) is 6.58. The normalized spacial score (nSPS) is 10.0. The second-order valence-corrected chi connectivity index (χ2v) is 4.54. The van der Waals surface area contributed by atoms with Crippen molar-refractivity contribution in [3.8, 4) is 17.6 Å². The van der Waals surface area contributed by atoms with Gasteiger partial charge in [-0.15, -0.1) is 11.6 Å². The van der Waals surface area contributed by atoms with Crippen LogP contribution in [-0.2, 0) is 13.2 Å². The van der Waals surface area contributed by atoms with Crippen molar-refractivity contribution in [2.45, 2.75) is 26.5 Å². The lowest BCUT2D eigenvalue weighted by Crippen LogP contribution is -2.09. The average Bonchev–Trinajstić information content (AvgIpc) is 2.93. The van der Waals surface area contributed by atoms with E-state index in [0.29, 0.717) is 11.4 Å². The van der Waals surface area contributed by atoms with Gasteiger partial charge in [0.1, 0.15) is 12.9 Å². The number of hydrogen-bond acceptors (Lipinski definition) is 3. The van der Waals surface area contributed by atoms with Crippen molar-refractivity contribution >= 4 is 11.6 Å². The first-order chi connectivity index (χ1) is 10.2. The molecular formula is C15H15ClFN3O. The molecule has 0 N–H and O–H groups in total. The van der Waals surface area contributed by atoms with E-state index in [-0.39, 0.29) is 18.2 Å². The fourth-order valence-corrected chi connectivity index (χ4v) is 1.83. The molecule has 6 heteroatoms. The number of rotatable bonds is 5. The third-order valence-electron chi connectivity index (χ3n) is 2.72. The minimum atomic E-state index is -0.437. The zero-order chi connectivity index (χ0) is 15.1. The van der Waals surface area contributed by atoms with E-state index in [0.717, 1.165) is 13.0 Å². The van der Waals surface area contributed by atoms with Crippen LogP contribution in [0.25, 0.3) is 0 Å². The Hall–Kier alpha value is -2.06. The van der Waals surface area contributed by atoms with Crippen LogP contribution in [-0.4, -0.2) is 20.6 Å². The molecule has 2 rings (SSSR count). The molecule has 0 bridgehead atoms. The molecule has 2 aromatic rings. The van der Waals surface area contributed by atoms with Crippen LogP contribution in [0.2, 0.25) is 0 Å². The zero-order valence-electron chi connectivity index (χ0n) is 11.6. The van der Waals surface area contributed by atoms with Gasteiger partial charge in [0, 0.05) is 12.1 Å². The third-order valence-corrected chi connectivity index (χ3v) is 2.85. The van der Waals surface area contributed by atoms with Gasteiger partial charge in [-0.2, -0.15) is 5.10 Å². The highest BCUT2D eigenvalue weighted by atomic mass is 35.5. The van der Waals surface area contributed by atoms with E-state index in [9.17, 15) is 4.39 Å². The summed E-state index contributed by atoms with van der Waals surface area (Å²) < 4.78 is 21.0. The standard InChI is InChI=1S/C15H15ClFN3O/c1-2-8-20-15(18-11-19-20)10-21-14-9-12(4-3-7-16)5-6-13(14)17/h5-6,9,11H,2,7-8,10H2,1H3. The van der Waals surface area contributed by atoms with E-state index < -0.39 is 5.82 Å². The summed E-state index contributed by atoms with van der Waals surface area (Å²) in [4.78, 5) is 4.11. The molecular weight excluding hydrogens is 293 g/mol. The van der Waals surface area contributed by atoms with Crippen LogP contribution in [0.3, 0.4) is 0 Å². The molecule has 0 amide bonds. The van der Waals surface area contributed by atoms with Crippen molar-refractivity contribution in [3.05, 3.63) is 41.7 Å². The first-order valence-corrected chi connectivity index (χ1v) is 7.12. The van der Waals surface area contributed by atoms with Gasteiger partial charge in [0.2, 0.25) is 0 Å². The molecule has 1 aromatic carbocycles. The second kappa shape index (κ2) is 7.65. The Bertz CT molecular complexity index is 660. The largest absolute Gasteiger partial charge is 0.483 e. The Labute approximate surface area is 127 Å².